The lowest BCUT2D eigenvalue weighted by Crippen LogP contribution is -2.48. The van der Waals surface area contributed by atoms with Crippen LogP contribution in [-0.4, -0.2) is 64.2 Å². The second-order valence-electron chi connectivity index (χ2n) is 8.59. The molecule has 34 heavy (non-hydrogen) atoms. The van der Waals surface area contributed by atoms with E-state index in [1.54, 1.807) is 16.4 Å². The molecule has 6 N–H and O–H groups in total. The number of hydrogen-bond donors (Lipinski definition) is 6. The van der Waals surface area contributed by atoms with Crippen molar-refractivity contribution in [2.24, 2.45) is 0 Å². The summed E-state index contributed by atoms with van der Waals surface area (Å²) in [5, 5.41) is 20.2. The summed E-state index contributed by atoms with van der Waals surface area (Å²) in [6.07, 6.45) is 1.35. The third-order valence-corrected chi connectivity index (χ3v) is 7.85. The molecule has 2 atom stereocenters. The molecular formula is C25H38N4O4S. The normalized spacial score (nSPS) is 18.1. The number of amides is 1. The summed E-state index contributed by atoms with van der Waals surface area (Å²) in [7, 11) is -2.91. The molecule has 1 amide bonds. The summed E-state index contributed by atoms with van der Waals surface area (Å²) in [5.74, 6) is 0.0152. The predicted octanol–water partition coefficient (Wildman–Crippen LogP) is 3.70. The van der Waals surface area contributed by atoms with Crippen LogP contribution in [0, 0.1) is 0 Å². The molecule has 9 heteroatoms. The molecule has 1 saturated heterocycles. The van der Waals surface area contributed by atoms with Gasteiger partial charge in [0.15, 0.2) is 0 Å². The fourth-order valence-corrected chi connectivity index (χ4v) is 5.81. The summed E-state index contributed by atoms with van der Waals surface area (Å²) in [6, 6.07) is 14.6. The summed E-state index contributed by atoms with van der Waals surface area (Å²) >= 11 is 0. The van der Waals surface area contributed by atoms with Gasteiger partial charge in [0.1, 0.15) is 0 Å². The van der Waals surface area contributed by atoms with E-state index in [0.29, 0.717) is 43.1 Å². The number of aliphatic hydroxyl groups excluding tert-OH is 1. The van der Waals surface area contributed by atoms with Gasteiger partial charge < -0.3 is 21.1 Å². The minimum atomic E-state index is -2.91. The monoisotopic (exact) mass is 490 g/mol. The quantitative estimate of drug-likeness (QED) is 0.284. The third-order valence-electron chi connectivity index (χ3n) is 5.91. The van der Waals surface area contributed by atoms with Gasteiger partial charge >= 0.3 is 0 Å². The van der Waals surface area contributed by atoms with Crippen molar-refractivity contribution in [3.05, 3.63) is 59.7 Å². The topological polar surface area (TPSA) is 117 Å². The van der Waals surface area contributed by atoms with Crippen LogP contribution in [0.25, 0.3) is 0 Å². The van der Waals surface area contributed by atoms with Crippen molar-refractivity contribution >= 4 is 28.1 Å². The number of carbonyl (C=O) groups excluding carboxylic acids is 1. The van der Waals surface area contributed by atoms with E-state index in [1.807, 2.05) is 50.2 Å². The molecule has 0 aromatic heterocycles. The van der Waals surface area contributed by atoms with Crippen LogP contribution in [0.4, 0.5) is 11.4 Å². The van der Waals surface area contributed by atoms with Crippen LogP contribution in [0.3, 0.4) is 0 Å². The van der Waals surface area contributed by atoms with E-state index in [0.717, 1.165) is 30.6 Å². The van der Waals surface area contributed by atoms with Crippen LogP contribution in [0.5, 0.6) is 0 Å². The van der Waals surface area contributed by atoms with Gasteiger partial charge in [-0.15, -0.1) is 10.8 Å². The van der Waals surface area contributed by atoms with Crippen molar-refractivity contribution in [3.8, 4) is 0 Å². The van der Waals surface area contributed by atoms with Crippen LogP contribution in [0.1, 0.15) is 42.6 Å². The Bertz CT molecular complexity index is 928. The zero-order valence-corrected chi connectivity index (χ0v) is 20.9. The van der Waals surface area contributed by atoms with Gasteiger partial charge in [-0.25, -0.2) is 0 Å². The first kappa shape index (κ1) is 26.3. The molecule has 3 rings (SSSR count). The first-order chi connectivity index (χ1) is 16.3. The minimum Gasteiger partial charge on any atom is -0.390 e. The third kappa shape index (κ3) is 7.10. The number of carbonyl (C=O) groups is 1. The molecule has 0 aliphatic carbocycles. The predicted molar refractivity (Wildman–Crippen MR) is 141 cm³/mol. The van der Waals surface area contributed by atoms with E-state index in [9.17, 15) is 19.0 Å². The molecule has 1 aliphatic heterocycles. The lowest BCUT2D eigenvalue weighted by molar-refractivity contribution is 0.0832. The number of aliphatic hydroxyl groups is 1. The van der Waals surface area contributed by atoms with Crippen molar-refractivity contribution in [2.45, 2.75) is 45.3 Å². The average Bonchev–Trinajstić information content (AvgIpc) is 2.82. The van der Waals surface area contributed by atoms with Gasteiger partial charge in [0, 0.05) is 30.9 Å². The highest BCUT2D eigenvalue weighted by molar-refractivity contribution is 8.25. The van der Waals surface area contributed by atoms with E-state index in [4.69, 9.17) is 0 Å². The molecule has 0 radical (unpaired) electrons. The molecule has 2 aromatic carbocycles. The summed E-state index contributed by atoms with van der Waals surface area (Å²) < 4.78 is 22.8. The van der Waals surface area contributed by atoms with E-state index in [1.165, 1.54) is 0 Å². The fourth-order valence-electron chi connectivity index (χ4n) is 4.14. The number of benzene rings is 2. The van der Waals surface area contributed by atoms with Crippen LogP contribution < -0.4 is 20.3 Å². The molecule has 2 aromatic rings. The maximum Gasteiger partial charge on any atom is 0.251 e. The van der Waals surface area contributed by atoms with Crippen molar-refractivity contribution < 1.29 is 19.0 Å². The fraction of sp³-hybridized carbons (Fsp3) is 0.480. The Morgan fingerprint density at radius 1 is 1.09 bits per heavy atom. The number of likely N-dealkylation sites (N-methyl/N-ethyl adjacent to an activating group) is 1. The SMILES string of the molecule is CCNCC(O)C(Cc1ccccc1)NC(=O)c1cc(NCC)cc(N2CCCCS2(O)O)c1. The number of nitrogens with one attached hydrogen (secondary N) is 3. The second kappa shape index (κ2) is 12.4. The molecule has 188 valence electrons. The van der Waals surface area contributed by atoms with Gasteiger partial charge in [-0.3, -0.25) is 18.2 Å². The van der Waals surface area contributed by atoms with Gasteiger partial charge in [-0.05, 0) is 56.5 Å². The summed E-state index contributed by atoms with van der Waals surface area (Å²) in [4.78, 5) is 13.4. The molecule has 1 heterocycles. The maximum atomic E-state index is 13.4. The Kier molecular flexibility index (Phi) is 9.61. The van der Waals surface area contributed by atoms with E-state index < -0.39 is 22.9 Å². The van der Waals surface area contributed by atoms with Crippen molar-refractivity contribution in [1.82, 2.24) is 10.6 Å². The lowest BCUT2D eigenvalue weighted by Gasteiger charge is -2.47. The average molecular weight is 491 g/mol. The van der Waals surface area contributed by atoms with Crippen LogP contribution in [0.15, 0.2) is 48.5 Å². The lowest BCUT2D eigenvalue weighted by atomic mass is 10.00. The number of hydrogen-bond acceptors (Lipinski definition) is 7. The van der Waals surface area contributed by atoms with E-state index in [-0.39, 0.29) is 5.91 Å². The van der Waals surface area contributed by atoms with Crippen molar-refractivity contribution in [3.63, 3.8) is 0 Å². The van der Waals surface area contributed by atoms with Gasteiger partial charge in [-0.1, -0.05) is 37.3 Å². The van der Waals surface area contributed by atoms with Crippen molar-refractivity contribution in [2.75, 3.05) is 41.6 Å². The minimum absolute atomic E-state index is 0.314. The molecule has 1 fully saturated rings. The molecule has 0 saturated carbocycles. The standard InChI is InChI=1S/C25H38N4O4S/c1-3-26-18-24(30)23(14-19-10-6-5-7-11-19)28-25(31)20-15-21(27-4-2)17-22(16-20)29-12-8-9-13-34(29,32)33/h5-7,10-11,15-17,23-24,26-27,30,32-33H,3-4,8-9,12-14,18H2,1-2H3,(H,28,31). The maximum absolute atomic E-state index is 13.4. The van der Waals surface area contributed by atoms with E-state index in [2.05, 4.69) is 16.0 Å². The van der Waals surface area contributed by atoms with E-state index >= 15 is 0 Å². The Morgan fingerprint density at radius 3 is 2.53 bits per heavy atom. The highest BCUT2D eigenvalue weighted by Gasteiger charge is 2.28. The Labute approximate surface area is 204 Å². The highest BCUT2D eigenvalue weighted by atomic mass is 32.3. The van der Waals surface area contributed by atoms with Gasteiger partial charge in [0.05, 0.1) is 23.6 Å². The Morgan fingerprint density at radius 2 is 1.85 bits per heavy atom. The highest BCUT2D eigenvalue weighted by Crippen LogP contribution is 2.50. The van der Waals surface area contributed by atoms with Gasteiger partial charge in [0.2, 0.25) is 0 Å². The molecule has 0 bridgehead atoms. The van der Waals surface area contributed by atoms with Gasteiger partial charge in [-0.2, -0.15) is 0 Å². The first-order valence-electron chi connectivity index (χ1n) is 12.0. The molecular weight excluding hydrogens is 452 g/mol. The Hall–Kier alpha value is -2.30. The number of rotatable bonds is 11. The molecule has 8 nitrogen and oxygen atoms in total. The number of nitrogens with zero attached hydrogens (tertiary/aromatic N) is 1. The molecule has 1 aliphatic rings. The molecule has 0 spiro atoms. The summed E-state index contributed by atoms with van der Waals surface area (Å²) in [5.41, 5.74) is 2.77. The first-order valence-corrected chi connectivity index (χ1v) is 13.7. The molecule has 2 unspecified atom stereocenters. The van der Waals surface area contributed by atoms with Crippen LogP contribution >= 0.6 is 10.8 Å². The zero-order valence-electron chi connectivity index (χ0n) is 20.0. The Balaban J connectivity index is 1.86. The van der Waals surface area contributed by atoms with Crippen LogP contribution in [0.2, 0.25) is 0 Å². The van der Waals surface area contributed by atoms with Crippen LogP contribution in [-0.2, 0) is 6.42 Å². The largest absolute Gasteiger partial charge is 0.390 e. The summed E-state index contributed by atoms with van der Waals surface area (Å²) in [6.45, 7) is 6.21. The zero-order chi connectivity index (χ0) is 24.6. The van der Waals surface area contributed by atoms with Crippen molar-refractivity contribution in [1.29, 1.82) is 0 Å². The smallest absolute Gasteiger partial charge is 0.251 e. The number of anilines is 2. The van der Waals surface area contributed by atoms with Gasteiger partial charge in [0.25, 0.3) is 5.91 Å². The second-order valence-corrected chi connectivity index (χ2v) is 10.7.